The largest absolute Gasteiger partial charge is 0.349 e. The highest BCUT2D eigenvalue weighted by Crippen LogP contribution is 2.27. The first kappa shape index (κ1) is 13.6. The van der Waals surface area contributed by atoms with Gasteiger partial charge in [-0.05, 0) is 42.0 Å². The molecule has 3 rings (SSSR count). The fourth-order valence-electron chi connectivity index (χ4n) is 3.57. The first-order chi connectivity index (χ1) is 9.78. The van der Waals surface area contributed by atoms with E-state index in [4.69, 9.17) is 0 Å². The van der Waals surface area contributed by atoms with Crippen LogP contribution in [0.25, 0.3) is 0 Å². The maximum Gasteiger partial charge on any atom is 0.251 e. The Morgan fingerprint density at radius 3 is 2.90 bits per heavy atom. The fraction of sp³-hybridized carbons (Fsp3) is 0.588. The second-order valence-corrected chi connectivity index (χ2v) is 6.12. The molecule has 3 nitrogen and oxygen atoms in total. The maximum atomic E-state index is 12.4. The van der Waals surface area contributed by atoms with Crippen LogP contribution in [0.1, 0.15) is 60.5 Å². The summed E-state index contributed by atoms with van der Waals surface area (Å²) in [7, 11) is 0. The lowest BCUT2D eigenvalue weighted by atomic mass is 9.83. The minimum Gasteiger partial charge on any atom is -0.349 e. The number of benzene rings is 1. The van der Waals surface area contributed by atoms with E-state index < -0.39 is 0 Å². The van der Waals surface area contributed by atoms with Crippen molar-refractivity contribution in [1.82, 2.24) is 10.6 Å². The van der Waals surface area contributed by atoms with E-state index in [1.807, 2.05) is 6.07 Å². The molecule has 2 unspecified atom stereocenters. The van der Waals surface area contributed by atoms with Gasteiger partial charge in [-0.2, -0.15) is 0 Å². The summed E-state index contributed by atoms with van der Waals surface area (Å²) >= 11 is 0. The van der Waals surface area contributed by atoms with Crippen LogP contribution >= 0.6 is 0 Å². The van der Waals surface area contributed by atoms with Crippen molar-refractivity contribution >= 4 is 5.91 Å². The van der Waals surface area contributed by atoms with E-state index in [9.17, 15) is 4.79 Å². The molecular weight excluding hydrogens is 248 g/mol. The minimum absolute atomic E-state index is 0.102. The molecule has 3 heteroatoms. The predicted octanol–water partition coefficient (Wildman–Crippen LogP) is 2.99. The second kappa shape index (κ2) is 5.96. The van der Waals surface area contributed by atoms with Crippen LogP contribution in [0, 0.1) is 5.92 Å². The molecule has 0 radical (unpaired) electrons. The SMILES string of the molecule is CCC1CCCCC1NC(=O)c1ccc2c(c1)CNC2. The maximum absolute atomic E-state index is 12.4. The second-order valence-electron chi connectivity index (χ2n) is 6.12. The van der Waals surface area contributed by atoms with Gasteiger partial charge in [0.05, 0.1) is 0 Å². The van der Waals surface area contributed by atoms with Crippen LogP contribution in [-0.2, 0) is 13.1 Å². The molecule has 1 heterocycles. The van der Waals surface area contributed by atoms with E-state index in [2.05, 4.69) is 29.7 Å². The summed E-state index contributed by atoms with van der Waals surface area (Å²) in [5.74, 6) is 0.758. The number of amides is 1. The first-order valence-corrected chi connectivity index (χ1v) is 7.91. The molecule has 1 fully saturated rings. The van der Waals surface area contributed by atoms with Gasteiger partial charge in [0, 0.05) is 24.7 Å². The summed E-state index contributed by atoms with van der Waals surface area (Å²) in [6.45, 7) is 4.05. The van der Waals surface area contributed by atoms with E-state index in [1.165, 1.54) is 36.8 Å². The lowest BCUT2D eigenvalue weighted by Gasteiger charge is -2.31. The first-order valence-electron chi connectivity index (χ1n) is 7.91. The average Bonchev–Trinajstić information content (AvgIpc) is 2.95. The third kappa shape index (κ3) is 2.73. The molecule has 1 aromatic carbocycles. The Bertz CT molecular complexity index is 498. The molecular formula is C17H24N2O. The molecule has 0 aromatic heterocycles. The van der Waals surface area contributed by atoms with Crippen molar-refractivity contribution in [2.75, 3.05) is 0 Å². The standard InChI is InChI=1S/C17H24N2O/c1-2-12-5-3-4-6-16(12)19-17(20)13-7-8-14-10-18-11-15(14)9-13/h7-9,12,16,18H,2-6,10-11H2,1H3,(H,19,20). The van der Waals surface area contributed by atoms with Crippen LogP contribution in [0.3, 0.4) is 0 Å². The number of carbonyl (C=O) groups is 1. The van der Waals surface area contributed by atoms with Crippen molar-refractivity contribution in [2.45, 2.75) is 58.2 Å². The van der Waals surface area contributed by atoms with Crippen molar-refractivity contribution in [3.63, 3.8) is 0 Å². The minimum atomic E-state index is 0.102. The molecule has 1 amide bonds. The van der Waals surface area contributed by atoms with Gasteiger partial charge >= 0.3 is 0 Å². The van der Waals surface area contributed by atoms with Crippen molar-refractivity contribution in [3.8, 4) is 0 Å². The summed E-state index contributed by atoms with van der Waals surface area (Å²) < 4.78 is 0. The van der Waals surface area contributed by atoms with E-state index in [0.29, 0.717) is 12.0 Å². The molecule has 0 spiro atoms. The average molecular weight is 272 g/mol. The van der Waals surface area contributed by atoms with Crippen LogP contribution in [0.2, 0.25) is 0 Å². The highest BCUT2D eigenvalue weighted by molar-refractivity contribution is 5.94. The number of rotatable bonds is 3. The summed E-state index contributed by atoms with van der Waals surface area (Å²) in [6, 6.07) is 6.47. The monoisotopic (exact) mass is 272 g/mol. The molecule has 1 saturated carbocycles. The Kier molecular flexibility index (Phi) is 4.06. The highest BCUT2D eigenvalue weighted by atomic mass is 16.1. The van der Waals surface area contributed by atoms with Crippen LogP contribution < -0.4 is 10.6 Å². The summed E-state index contributed by atoms with van der Waals surface area (Å²) in [4.78, 5) is 12.4. The Labute approximate surface area is 121 Å². The highest BCUT2D eigenvalue weighted by Gasteiger charge is 2.25. The van der Waals surface area contributed by atoms with Gasteiger partial charge in [0.15, 0.2) is 0 Å². The van der Waals surface area contributed by atoms with Crippen molar-refractivity contribution in [2.24, 2.45) is 5.92 Å². The molecule has 1 aliphatic heterocycles. The zero-order valence-electron chi connectivity index (χ0n) is 12.2. The van der Waals surface area contributed by atoms with E-state index in [0.717, 1.165) is 25.1 Å². The van der Waals surface area contributed by atoms with E-state index >= 15 is 0 Å². The third-order valence-electron chi connectivity index (χ3n) is 4.85. The van der Waals surface area contributed by atoms with Crippen molar-refractivity contribution in [3.05, 3.63) is 34.9 Å². The van der Waals surface area contributed by atoms with Gasteiger partial charge in [-0.15, -0.1) is 0 Å². The van der Waals surface area contributed by atoms with Gasteiger partial charge in [-0.3, -0.25) is 4.79 Å². The normalized spacial score (nSPS) is 25.2. The van der Waals surface area contributed by atoms with Crippen LogP contribution in [-0.4, -0.2) is 11.9 Å². The quantitative estimate of drug-likeness (QED) is 0.888. The smallest absolute Gasteiger partial charge is 0.251 e. The van der Waals surface area contributed by atoms with Gasteiger partial charge in [0.1, 0.15) is 0 Å². The van der Waals surface area contributed by atoms with Gasteiger partial charge < -0.3 is 10.6 Å². The molecule has 0 saturated heterocycles. The lowest BCUT2D eigenvalue weighted by molar-refractivity contribution is 0.0904. The number of nitrogens with one attached hydrogen (secondary N) is 2. The summed E-state index contributed by atoms with van der Waals surface area (Å²) in [5.41, 5.74) is 3.41. The van der Waals surface area contributed by atoms with Gasteiger partial charge in [0.2, 0.25) is 0 Å². The van der Waals surface area contributed by atoms with E-state index in [1.54, 1.807) is 0 Å². The van der Waals surface area contributed by atoms with Crippen molar-refractivity contribution in [1.29, 1.82) is 0 Å². The Morgan fingerprint density at radius 1 is 1.25 bits per heavy atom. The molecule has 1 aliphatic carbocycles. The summed E-state index contributed by atoms with van der Waals surface area (Å²) in [5, 5.41) is 6.59. The van der Waals surface area contributed by atoms with Crippen molar-refractivity contribution < 1.29 is 4.79 Å². The molecule has 1 aromatic rings. The topological polar surface area (TPSA) is 41.1 Å². The molecule has 2 N–H and O–H groups in total. The molecule has 0 bridgehead atoms. The van der Waals surface area contributed by atoms with Gasteiger partial charge in [-0.25, -0.2) is 0 Å². The number of hydrogen-bond donors (Lipinski definition) is 2. The predicted molar refractivity (Wildman–Crippen MR) is 80.5 cm³/mol. The zero-order chi connectivity index (χ0) is 13.9. The lowest BCUT2D eigenvalue weighted by Crippen LogP contribution is -2.41. The summed E-state index contributed by atoms with van der Waals surface area (Å²) in [6.07, 6.45) is 6.12. The van der Waals surface area contributed by atoms with E-state index in [-0.39, 0.29) is 5.91 Å². The number of fused-ring (bicyclic) bond motifs is 1. The number of hydrogen-bond acceptors (Lipinski definition) is 2. The van der Waals surface area contributed by atoms with Crippen LogP contribution in [0.4, 0.5) is 0 Å². The molecule has 108 valence electrons. The van der Waals surface area contributed by atoms with Gasteiger partial charge in [-0.1, -0.05) is 32.3 Å². The molecule has 2 aliphatic rings. The molecule has 2 atom stereocenters. The zero-order valence-corrected chi connectivity index (χ0v) is 12.2. The van der Waals surface area contributed by atoms with Crippen LogP contribution in [0.15, 0.2) is 18.2 Å². The van der Waals surface area contributed by atoms with Crippen LogP contribution in [0.5, 0.6) is 0 Å². The molecule has 20 heavy (non-hydrogen) atoms. The Balaban J connectivity index is 1.69. The Morgan fingerprint density at radius 2 is 2.05 bits per heavy atom. The Hall–Kier alpha value is -1.35. The van der Waals surface area contributed by atoms with Gasteiger partial charge in [0.25, 0.3) is 5.91 Å². The number of carbonyl (C=O) groups excluding carboxylic acids is 1. The fourth-order valence-corrected chi connectivity index (χ4v) is 3.57. The third-order valence-corrected chi connectivity index (χ3v) is 4.85.